The summed E-state index contributed by atoms with van der Waals surface area (Å²) in [7, 11) is 0. The number of amides is 1. The van der Waals surface area contributed by atoms with Crippen molar-refractivity contribution in [2.24, 2.45) is 11.7 Å². The van der Waals surface area contributed by atoms with Crippen LogP contribution in [0.25, 0.3) is 0 Å². The number of hydrogen-bond donors (Lipinski definition) is 1. The second kappa shape index (κ2) is 7.24. The van der Waals surface area contributed by atoms with Crippen molar-refractivity contribution in [3.05, 3.63) is 22.4 Å². The van der Waals surface area contributed by atoms with Gasteiger partial charge in [0.2, 0.25) is 5.91 Å². The van der Waals surface area contributed by atoms with E-state index in [0.29, 0.717) is 19.7 Å². The number of halogens is 1. The number of carbonyl (C=O) groups is 1. The molecule has 1 aromatic heterocycles. The molecule has 0 bridgehead atoms. The summed E-state index contributed by atoms with van der Waals surface area (Å²) in [6.07, 6.45) is 0.0166. The Bertz CT molecular complexity index is 397. The molecule has 1 aliphatic heterocycles. The fourth-order valence-corrected chi connectivity index (χ4v) is 2.77. The Kier molecular flexibility index (Phi) is 6.26. The summed E-state index contributed by atoms with van der Waals surface area (Å²) in [5.74, 6) is 0.00180. The molecule has 6 heteroatoms. The molecule has 1 aromatic rings. The number of nitrogens with two attached hydrogens (primary N) is 1. The third-order valence-corrected chi connectivity index (χ3v) is 4.38. The van der Waals surface area contributed by atoms with Crippen LogP contribution in [0.3, 0.4) is 0 Å². The average molecular weight is 305 g/mol. The van der Waals surface area contributed by atoms with E-state index in [0.717, 1.165) is 0 Å². The van der Waals surface area contributed by atoms with Crippen LogP contribution in [0, 0.1) is 5.92 Å². The minimum absolute atomic E-state index is 0. The second-order valence-electron chi connectivity index (χ2n) is 4.81. The zero-order valence-electron chi connectivity index (χ0n) is 11.2. The summed E-state index contributed by atoms with van der Waals surface area (Å²) in [6.45, 7) is 5.66. The molecule has 2 heterocycles. The number of ether oxygens (including phenoxy) is 1. The van der Waals surface area contributed by atoms with Gasteiger partial charge in [-0.1, -0.05) is 13.0 Å². The molecule has 1 aliphatic rings. The minimum Gasteiger partial charge on any atom is -0.369 e. The van der Waals surface area contributed by atoms with Crippen LogP contribution in [0.2, 0.25) is 0 Å². The van der Waals surface area contributed by atoms with Gasteiger partial charge >= 0.3 is 0 Å². The SMILES string of the molecule is CC(N)C(C)C(=O)N1CCOC(c2cccs2)C1.Cl. The Labute approximate surface area is 124 Å². The van der Waals surface area contributed by atoms with Crippen LogP contribution in [0.5, 0.6) is 0 Å². The van der Waals surface area contributed by atoms with Crippen molar-refractivity contribution in [2.75, 3.05) is 19.7 Å². The van der Waals surface area contributed by atoms with Crippen LogP contribution < -0.4 is 5.73 Å². The predicted octanol–water partition coefficient (Wildman–Crippen LogP) is 2.05. The van der Waals surface area contributed by atoms with Crippen molar-refractivity contribution in [3.8, 4) is 0 Å². The molecule has 3 atom stereocenters. The van der Waals surface area contributed by atoms with Gasteiger partial charge in [-0.15, -0.1) is 23.7 Å². The smallest absolute Gasteiger partial charge is 0.227 e. The molecular formula is C13H21ClN2O2S. The summed E-state index contributed by atoms with van der Waals surface area (Å²) in [5, 5.41) is 2.03. The fraction of sp³-hybridized carbons (Fsp3) is 0.615. The Morgan fingerprint density at radius 3 is 2.89 bits per heavy atom. The summed E-state index contributed by atoms with van der Waals surface area (Å²) < 4.78 is 5.73. The topological polar surface area (TPSA) is 55.6 Å². The quantitative estimate of drug-likeness (QED) is 0.930. The third kappa shape index (κ3) is 3.92. The molecule has 1 saturated heterocycles. The van der Waals surface area contributed by atoms with Gasteiger partial charge in [-0.2, -0.15) is 0 Å². The number of carbonyl (C=O) groups excluding carboxylic acids is 1. The van der Waals surface area contributed by atoms with Gasteiger partial charge in [-0.25, -0.2) is 0 Å². The maximum absolute atomic E-state index is 12.2. The number of nitrogens with zero attached hydrogens (tertiary/aromatic N) is 1. The molecule has 0 aliphatic carbocycles. The lowest BCUT2D eigenvalue weighted by molar-refractivity contribution is -0.143. The number of morpholine rings is 1. The van der Waals surface area contributed by atoms with E-state index in [1.54, 1.807) is 11.3 Å². The molecule has 19 heavy (non-hydrogen) atoms. The Balaban J connectivity index is 0.00000180. The summed E-state index contributed by atoms with van der Waals surface area (Å²) in [5.41, 5.74) is 5.80. The molecule has 0 aromatic carbocycles. The highest BCUT2D eigenvalue weighted by Crippen LogP contribution is 2.26. The van der Waals surface area contributed by atoms with Crippen LogP contribution in [0.1, 0.15) is 24.8 Å². The van der Waals surface area contributed by atoms with Crippen molar-refractivity contribution >= 4 is 29.7 Å². The van der Waals surface area contributed by atoms with E-state index < -0.39 is 0 Å². The maximum Gasteiger partial charge on any atom is 0.227 e. The van der Waals surface area contributed by atoms with Crippen molar-refractivity contribution in [1.29, 1.82) is 0 Å². The minimum atomic E-state index is -0.132. The van der Waals surface area contributed by atoms with Crippen LogP contribution >= 0.6 is 23.7 Å². The maximum atomic E-state index is 12.2. The number of rotatable bonds is 3. The highest BCUT2D eigenvalue weighted by molar-refractivity contribution is 7.10. The van der Waals surface area contributed by atoms with Gasteiger partial charge in [-0.05, 0) is 18.4 Å². The van der Waals surface area contributed by atoms with E-state index in [2.05, 4.69) is 6.07 Å². The van der Waals surface area contributed by atoms with Gasteiger partial charge in [0, 0.05) is 17.5 Å². The molecule has 1 fully saturated rings. The lowest BCUT2D eigenvalue weighted by Crippen LogP contribution is -2.47. The molecule has 2 N–H and O–H groups in total. The first-order valence-electron chi connectivity index (χ1n) is 6.29. The molecule has 2 rings (SSSR count). The molecule has 0 spiro atoms. The zero-order valence-corrected chi connectivity index (χ0v) is 12.9. The van der Waals surface area contributed by atoms with Gasteiger partial charge < -0.3 is 15.4 Å². The zero-order chi connectivity index (χ0) is 13.1. The van der Waals surface area contributed by atoms with E-state index in [-0.39, 0.29) is 36.4 Å². The van der Waals surface area contributed by atoms with Crippen LogP contribution in [-0.4, -0.2) is 36.5 Å². The highest BCUT2D eigenvalue weighted by Gasteiger charge is 2.29. The monoisotopic (exact) mass is 304 g/mol. The average Bonchev–Trinajstić information content (AvgIpc) is 2.91. The largest absolute Gasteiger partial charge is 0.369 e. The molecule has 0 saturated carbocycles. The number of hydrogen-bond acceptors (Lipinski definition) is 4. The van der Waals surface area contributed by atoms with Gasteiger partial charge in [0.15, 0.2) is 0 Å². The van der Waals surface area contributed by atoms with Gasteiger partial charge in [0.25, 0.3) is 0 Å². The third-order valence-electron chi connectivity index (χ3n) is 3.42. The second-order valence-corrected chi connectivity index (χ2v) is 5.79. The van der Waals surface area contributed by atoms with Gasteiger partial charge in [0.1, 0.15) is 6.10 Å². The molecule has 4 nitrogen and oxygen atoms in total. The highest BCUT2D eigenvalue weighted by atomic mass is 35.5. The molecular weight excluding hydrogens is 284 g/mol. The van der Waals surface area contributed by atoms with Crippen molar-refractivity contribution in [1.82, 2.24) is 4.90 Å². The lowest BCUT2D eigenvalue weighted by Gasteiger charge is -2.34. The van der Waals surface area contributed by atoms with E-state index in [1.165, 1.54) is 4.88 Å². The van der Waals surface area contributed by atoms with Gasteiger partial charge in [0.05, 0.1) is 19.1 Å². The van der Waals surface area contributed by atoms with Crippen LogP contribution in [0.4, 0.5) is 0 Å². The Hall–Kier alpha value is -0.620. The molecule has 1 amide bonds. The summed E-state index contributed by atoms with van der Waals surface area (Å²) in [4.78, 5) is 15.3. The summed E-state index contributed by atoms with van der Waals surface area (Å²) in [6, 6.07) is 3.95. The Morgan fingerprint density at radius 2 is 2.32 bits per heavy atom. The first-order valence-corrected chi connectivity index (χ1v) is 7.17. The lowest BCUT2D eigenvalue weighted by atomic mass is 10.0. The van der Waals surface area contributed by atoms with Crippen LogP contribution in [-0.2, 0) is 9.53 Å². The van der Waals surface area contributed by atoms with Crippen molar-refractivity contribution in [3.63, 3.8) is 0 Å². The van der Waals surface area contributed by atoms with E-state index in [4.69, 9.17) is 10.5 Å². The van der Waals surface area contributed by atoms with Crippen molar-refractivity contribution in [2.45, 2.75) is 26.0 Å². The first-order chi connectivity index (χ1) is 8.59. The first kappa shape index (κ1) is 16.4. The molecule has 3 unspecified atom stereocenters. The molecule has 108 valence electrons. The fourth-order valence-electron chi connectivity index (χ4n) is 2.01. The standard InChI is InChI=1S/C13H20N2O2S.ClH/c1-9(10(2)14)13(16)15-5-6-17-11(8-15)12-4-3-7-18-12;/h3-4,7,9-11H,5-6,8,14H2,1-2H3;1H. The predicted molar refractivity (Wildman–Crippen MR) is 79.7 cm³/mol. The van der Waals surface area contributed by atoms with E-state index >= 15 is 0 Å². The van der Waals surface area contributed by atoms with E-state index in [1.807, 2.05) is 30.2 Å². The van der Waals surface area contributed by atoms with Crippen LogP contribution in [0.15, 0.2) is 17.5 Å². The normalized spacial score (nSPS) is 22.5. The van der Waals surface area contributed by atoms with Crippen molar-refractivity contribution < 1.29 is 9.53 Å². The number of thiophene rings is 1. The van der Waals surface area contributed by atoms with Gasteiger partial charge in [-0.3, -0.25) is 4.79 Å². The Morgan fingerprint density at radius 1 is 1.58 bits per heavy atom. The molecule has 0 radical (unpaired) electrons. The summed E-state index contributed by atoms with van der Waals surface area (Å²) >= 11 is 1.67. The van der Waals surface area contributed by atoms with E-state index in [9.17, 15) is 4.79 Å².